The van der Waals surface area contributed by atoms with E-state index in [0.717, 1.165) is 31.6 Å². The zero-order chi connectivity index (χ0) is 27.9. The summed E-state index contributed by atoms with van der Waals surface area (Å²) in [6.07, 6.45) is 2.43. The van der Waals surface area contributed by atoms with Gasteiger partial charge in [0.25, 0.3) is 0 Å². The van der Waals surface area contributed by atoms with E-state index in [2.05, 4.69) is 15.2 Å². The van der Waals surface area contributed by atoms with Crippen molar-refractivity contribution in [2.45, 2.75) is 31.8 Å². The molecular formula is C27H39ClN8O4. The fraction of sp³-hybridized carbons (Fsp3) is 0.556. The van der Waals surface area contributed by atoms with Crippen LogP contribution < -0.4 is 27.2 Å². The molecule has 3 fully saturated rings. The largest absolute Gasteiger partial charge is 0.496 e. The molecule has 1 saturated carbocycles. The van der Waals surface area contributed by atoms with Crippen LogP contribution in [0.25, 0.3) is 5.69 Å². The van der Waals surface area contributed by atoms with Crippen LogP contribution in [-0.2, 0) is 11.2 Å². The standard InChI is InChI=1S/C27H38N8O4.ClH/c1-27(2,29)24(36)33-10-12-34(13-11-33)25(37)30-22-7-9-35(26(38)31-22)18-5-4-17(21(14-18)39-3)6-8-32-15-19-20(16-32)23(19)28;/h4-5,7,9,14,19-20,23H,6,8,10-13,15-16,28-29H2,1-3H3,(H,30,31,37,38);1H. The highest BCUT2D eigenvalue weighted by Gasteiger charge is 2.53. The SMILES string of the molecule is COc1cc(-n2ccc(NC(=O)N3CCN(C(=O)C(C)(C)N)CC3)nc2=O)ccc1CCN1CC2C(N)C2C1.Cl. The maximum atomic E-state index is 12.8. The van der Waals surface area contributed by atoms with Gasteiger partial charge in [-0.05, 0) is 49.8 Å². The Morgan fingerprint density at radius 3 is 2.35 bits per heavy atom. The molecule has 40 heavy (non-hydrogen) atoms. The lowest BCUT2D eigenvalue weighted by atomic mass is 10.1. The molecule has 0 spiro atoms. The third-order valence-corrected chi connectivity index (χ3v) is 8.03. The molecule has 3 heterocycles. The minimum atomic E-state index is -0.953. The number of piperazine rings is 1. The highest BCUT2D eigenvalue weighted by atomic mass is 35.5. The van der Waals surface area contributed by atoms with Crippen LogP contribution in [0.4, 0.5) is 10.6 Å². The number of methoxy groups -OCH3 is 1. The van der Waals surface area contributed by atoms with E-state index in [4.69, 9.17) is 16.2 Å². The summed E-state index contributed by atoms with van der Waals surface area (Å²) in [6, 6.07) is 7.28. The number of nitrogens with zero attached hydrogens (tertiary/aromatic N) is 5. The number of ether oxygens (including phenoxy) is 1. The summed E-state index contributed by atoms with van der Waals surface area (Å²) in [5.41, 5.74) is 12.2. The van der Waals surface area contributed by atoms with Gasteiger partial charge in [0.05, 0.1) is 18.3 Å². The Morgan fingerprint density at radius 1 is 1.10 bits per heavy atom. The third kappa shape index (κ3) is 6.25. The van der Waals surface area contributed by atoms with Gasteiger partial charge in [-0.2, -0.15) is 4.98 Å². The number of piperidine rings is 1. The highest BCUT2D eigenvalue weighted by molar-refractivity contribution is 5.89. The minimum absolute atomic E-state index is 0. The number of carbonyl (C=O) groups is 2. The van der Waals surface area contributed by atoms with Gasteiger partial charge in [-0.3, -0.25) is 14.7 Å². The number of hydrogen-bond donors (Lipinski definition) is 3. The molecule has 218 valence electrons. The number of benzene rings is 1. The molecule has 3 amide bonds. The predicted molar refractivity (Wildman–Crippen MR) is 154 cm³/mol. The molecule has 5 N–H and O–H groups in total. The first-order chi connectivity index (χ1) is 18.5. The van der Waals surface area contributed by atoms with Crippen molar-refractivity contribution in [1.82, 2.24) is 24.3 Å². The molecular weight excluding hydrogens is 536 g/mol. The molecule has 0 radical (unpaired) electrons. The highest BCUT2D eigenvalue weighted by Crippen LogP contribution is 2.43. The number of rotatable bonds is 7. The number of hydrogen-bond acceptors (Lipinski definition) is 8. The molecule has 5 rings (SSSR count). The van der Waals surface area contributed by atoms with E-state index in [0.29, 0.717) is 55.5 Å². The first kappa shape index (κ1) is 29.8. The van der Waals surface area contributed by atoms with Gasteiger partial charge >= 0.3 is 11.7 Å². The zero-order valence-corrected chi connectivity index (χ0v) is 24.0. The van der Waals surface area contributed by atoms with Crippen molar-refractivity contribution < 1.29 is 14.3 Å². The van der Waals surface area contributed by atoms with Crippen LogP contribution in [0.15, 0.2) is 35.3 Å². The van der Waals surface area contributed by atoms with E-state index >= 15 is 0 Å². The van der Waals surface area contributed by atoms with E-state index in [1.807, 2.05) is 18.2 Å². The Labute approximate surface area is 240 Å². The van der Waals surface area contributed by atoms with Gasteiger partial charge < -0.3 is 30.9 Å². The molecule has 3 aliphatic rings. The maximum Gasteiger partial charge on any atom is 0.354 e. The molecule has 2 atom stereocenters. The van der Waals surface area contributed by atoms with Gasteiger partial charge in [0.2, 0.25) is 5.91 Å². The van der Waals surface area contributed by atoms with Crippen LogP contribution in [-0.4, -0.2) is 101 Å². The third-order valence-electron chi connectivity index (χ3n) is 8.03. The second kappa shape index (κ2) is 11.7. The van der Waals surface area contributed by atoms with E-state index in [1.54, 1.807) is 43.0 Å². The van der Waals surface area contributed by atoms with Crippen molar-refractivity contribution in [3.8, 4) is 11.4 Å². The molecule has 13 heteroatoms. The van der Waals surface area contributed by atoms with E-state index < -0.39 is 11.2 Å². The van der Waals surface area contributed by atoms with E-state index in [-0.39, 0.29) is 30.2 Å². The van der Waals surface area contributed by atoms with Gasteiger partial charge in [-0.15, -0.1) is 12.4 Å². The molecule has 1 aromatic carbocycles. The molecule has 0 bridgehead atoms. The summed E-state index contributed by atoms with van der Waals surface area (Å²) in [7, 11) is 1.62. The summed E-state index contributed by atoms with van der Waals surface area (Å²) >= 11 is 0. The average molecular weight is 575 g/mol. The number of nitrogens with one attached hydrogen (secondary N) is 1. The lowest BCUT2D eigenvalue weighted by Gasteiger charge is -2.37. The number of carbonyl (C=O) groups excluding carboxylic acids is 2. The minimum Gasteiger partial charge on any atom is -0.496 e. The van der Waals surface area contributed by atoms with Crippen LogP contribution in [0.3, 0.4) is 0 Å². The molecule has 2 unspecified atom stereocenters. The Morgan fingerprint density at radius 2 is 1.75 bits per heavy atom. The molecule has 2 aliphatic heterocycles. The van der Waals surface area contributed by atoms with Crippen LogP contribution >= 0.6 is 12.4 Å². The van der Waals surface area contributed by atoms with Gasteiger partial charge in [-0.25, -0.2) is 9.59 Å². The number of urea groups is 1. The average Bonchev–Trinajstić information content (AvgIpc) is 3.30. The summed E-state index contributed by atoms with van der Waals surface area (Å²) in [5, 5.41) is 2.69. The molecule has 1 aromatic heterocycles. The Balaban J connectivity index is 0.00000370. The van der Waals surface area contributed by atoms with E-state index in [9.17, 15) is 14.4 Å². The Hall–Kier alpha value is -3.19. The number of fused-ring (bicyclic) bond motifs is 1. The van der Waals surface area contributed by atoms with Crippen LogP contribution in [0, 0.1) is 11.8 Å². The summed E-state index contributed by atoms with van der Waals surface area (Å²) in [5.74, 6) is 2.05. The van der Waals surface area contributed by atoms with Crippen molar-refractivity contribution in [3.05, 3.63) is 46.5 Å². The Kier molecular flexibility index (Phi) is 8.74. The summed E-state index contributed by atoms with van der Waals surface area (Å²) in [6.45, 7) is 7.94. The lowest BCUT2D eigenvalue weighted by Crippen LogP contribution is -2.58. The normalized spacial score (nSPS) is 22.4. The topological polar surface area (TPSA) is 152 Å². The zero-order valence-electron chi connectivity index (χ0n) is 23.2. The fourth-order valence-electron chi connectivity index (χ4n) is 5.59. The summed E-state index contributed by atoms with van der Waals surface area (Å²) in [4.78, 5) is 47.7. The predicted octanol–water partition coefficient (Wildman–Crippen LogP) is 0.508. The first-order valence-corrected chi connectivity index (χ1v) is 13.4. The molecule has 12 nitrogen and oxygen atoms in total. The first-order valence-electron chi connectivity index (χ1n) is 13.4. The maximum absolute atomic E-state index is 12.8. The fourth-order valence-corrected chi connectivity index (χ4v) is 5.59. The Bertz CT molecular complexity index is 1290. The molecule has 1 aliphatic carbocycles. The van der Waals surface area contributed by atoms with Crippen molar-refractivity contribution >= 4 is 30.2 Å². The van der Waals surface area contributed by atoms with Crippen molar-refractivity contribution in [1.29, 1.82) is 0 Å². The number of aromatic nitrogens is 2. The van der Waals surface area contributed by atoms with Crippen LogP contribution in [0.1, 0.15) is 19.4 Å². The monoisotopic (exact) mass is 574 g/mol. The lowest BCUT2D eigenvalue weighted by molar-refractivity contribution is -0.137. The van der Waals surface area contributed by atoms with Crippen molar-refractivity contribution in [3.63, 3.8) is 0 Å². The number of anilines is 1. The van der Waals surface area contributed by atoms with Gasteiger partial charge in [-0.1, -0.05) is 6.07 Å². The second-order valence-electron chi connectivity index (χ2n) is 11.3. The van der Waals surface area contributed by atoms with Crippen molar-refractivity contribution in [2.75, 3.05) is 58.2 Å². The van der Waals surface area contributed by atoms with Gasteiger partial charge in [0, 0.05) is 64.1 Å². The second-order valence-corrected chi connectivity index (χ2v) is 11.3. The summed E-state index contributed by atoms with van der Waals surface area (Å²) < 4.78 is 7.04. The number of halogens is 1. The van der Waals surface area contributed by atoms with Crippen molar-refractivity contribution in [2.24, 2.45) is 23.3 Å². The van der Waals surface area contributed by atoms with Crippen LogP contribution in [0.2, 0.25) is 0 Å². The smallest absolute Gasteiger partial charge is 0.354 e. The number of nitrogens with two attached hydrogens (primary N) is 2. The van der Waals surface area contributed by atoms with Gasteiger partial charge in [0.1, 0.15) is 11.6 Å². The molecule has 2 aromatic rings. The number of amides is 3. The van der Waals surface area contributed by atoms with Crippen LogP contribution in [0.5, 0.6) is 5.75 Å². The van der Waals surface area contributed by atoms with Gasteiger partial charge in [0.15, 0.2) is 0 Å². The number of likely N-dealkylation sites (tertiary alicyclic amines) is 1. The van der Waals surface area contributed by atoms with E-state index in [1.165, 1.54) is 4.57 Å². The molecule has 2 saturated heterocycles. The quantitative estimate of drug-likeness (QED) is 0.432.